The van der Waals surface area contributed by atoms with Crippen LogP contribution in [0.4, 0.5) is 0 Å². The van der Waals surface area contributed by atoms with E-state index in [1.54, 1.807) is 7.11 Å². The molecular formula is C17H19NO3. The van der Waals surface area contributed by atoms with Crippen LogP contribution in [-0.2, 0) is 15.6 Å². The molecule has 0 radical (unpaired) electrons. The molecule has 5 rings (SSSR count). The van der Waals surface area contributed by atoms with Crippen LogP contribution in [0.25, 0.3) is 0 Å². The number of ether oxygens (including phenoxy) is 1. The highest BCUT2D eigenvalue weighted by molar-refractivity contribution is 5.83. The minimum absolute atomic E-state index is 0.147. The van der Waals surface area contributed by atoms with Gasteiger partial charge in [-0.25, -0.2) is 0 Å². The summed E-state index contributed by atoms with van der Waals surface area (Å²) in [5.41, 5.74) is 2.28. The van der Waals surface area contributed by atoms with Crippen molar-refractivity contribution in [2.75, 3.05) is 13.7 Å². The van der Waals surface area contributed by atoms with Crippen molar-refractivity contribution in [3.8, 4) is 11.5 Å². The summed E-state index contributed by atoms with van der Waals surface area (Å²) in [5, 5.41) is 14.3. The Labute approximate surface area is 123 Å². The van der Waals surface area contributed by atoms with Gasteiger partial charge in [0.15, 0.2) is 11.5 Å². The van der Waals surface area contributed by atoms with E-state index in [4.69, 9.17) is 4.74 Å². The number of aromatic hydroxyl groups is 1. The molecule has 4 nitrogen and oxygen atoms in total. The van der Waals surface area contributed by atoms with Crippen LogP contribution in [0.15, 0.2) is 12.1 Å². The number of methoxy groups -OCH3 is 1. The van der Waals surface area contributed by atoms with Crippen LogP contribution in [-0.4, -0.2) is 30.6 Å². The van der Waals surface area contributed by atoms with Crippen molar-refractivity contribution in [2.24, 2.45) is 5.92 Å². The molecule has 4 heteroatoms. The van der Waals surface area contributed by atoms with E-state index < -0.39 is 0 Å². The molecule has 110 valence electrons. The van der Waals surface area contributed by atoms with Crippen LogP contribution in [0.5, 0.6) is 11.5 Å². The van der Waals surface area contributed by atoms with E-state index in [2.05, 4.69) is 11.4 Å². The number of nitrogens with one attached hydrogen (secondary N) is 1. The molecule has 1 saturated heterocycles. The number of benzene rings is 1. The van der Waals surface area contributed by atoms with E-state index in [1.165, 1.54) is 5.56 Å². The summed E-state index contributed by atoms with van der Waals surface area (Å²) in [4.78, 5) is 12.2. The maximum absolute atomic E-state index is 12.2. The quantitative estimate of drug-likeness (QED) is 0.823. The Morgan fingerprint density at radius 3 is 2.95 bits per heavy atom. The van der Waals surface area contributed by atoms with Crippen LogP contribution in [0.3, 0.4) is 0 Å². The zero-order valence-corrected chi connectivity index (χ0v) is 12.1. The van der Waals surface area contributed by atoms with Gasteiger partial charge in [-0.1, -0.05) is 6.07 Å². The third-order valence-electron chi connectivity index (χ3n) is 6.62. The molecule has 2 spiro atoms. The molecule has 1 aromatic carbocycles. The monoisotopic (exact) mass is 285 g/mol. The van der Waals surface area contributed by atoms with Crippen molar-refractivity contribution in [3.05, 3.63) is 23.3 Å². The van der Waals surface area contributed by atoms with Crippen molar-refractivity contribution in [1.29, 1.82) is 0 Å². The zero-order chi connectivity index (χ0) is 14.4. The average Bonchev–Trinajstić information content (AvgIpc) is 2.84. The molecule has 3 unspecified atom stereocenters. The second-order valence-electron chi connectivity index (χ2n) is 7.25. The molecule has 4 atom stereocenters. The average molecular weight is 285 g/mol. The summed E-state index contributed by atoms with van der Waals surface area (Å²) in [6.45, 7) is 0.975. The maximum atomic E-state index is 12.2. The molecule has 2 saturated carbocycles. The van der Waals surface area contributed by atoms with E-state index in [9.17, 15) is 9.90 Å². The fourth-order valence-corrected chi connectivity index (χ4v) is 5.95. The lowest BCUT2D eigenvalue weighted by Crippen LogP contribution is -2.66. The molecule has 0 aromatic heterocycles. The third kappa shape index (κ3) is 1.10. The Hall–Kier alpha value is -1.55. The molecule has 1 heterocycles. The predicted molar refractivity (Wildman–Crippen MR) is 76.8 cm³/mol. The van der Waals surface area contributed by atoms with Gasteiger partial charge in [-0.3, -0.25) is 4.79 Å². The van der Waals surface area contributed by atoms with E-state index in [1.807, 2.05) is 6.07 Å². The van der Waals surface area contributed by atoms with Gasteiger partial charge in [-0.05, 0) is 30.4 Å². The van der Waals surface area contributed by atoms with Gasteiger partial charge >= 0.3 is 0 Å². The molecule has 2 bridgehead atoms. The van der Waals surface area contributed by atoms with Gasteiger partial charge in [0.2, 0.25) is 0 Å². The number of fused-ring (bicyclic) bond motifs is 2. The summed E-state index contributed by atoms with van der Waals surface area (Å²) >= 11 is 0. The number of ketones is 1. The van der Waals surface area contributed by atoms with Gasteiger partial charge in [-0.2, -0.15) is 0 Å². The number of Topliss-reactive ketones (excluding diaryl/α,β-unsaturated/α-hetero) is 1. The van der Waals surface area contributed by atoms with Crippen molar-refractivity contribution in [3.63, 3.8) is 0 Å². The predicted octanol–water partition coefficient (Wildman–Crippen LogP) is 1.63. The zero-order valence-electron chi connectivity index (χ0n) is 12.1. The number of phenols is 1. The highest BCUT2D eigenvalue weighted by atomic mass is 16.5. The lowest BCUT2D eigenvalue weighted by molar-refractivity contribution is -0.123. The molecule has 2 N–H and O–H groups in total. The second-order valence-corrected chi connectivity index (χ2v) is 7.25. The fourth-order valence-electron chi connectivity index (χ4n) is 5.95. The Balaban J connectivity index is 1.80. The smallest absolute Gasteiger partial charge is 0.161 e. The standard InChI is InChI=1S/C17H19NO3/c1-21-12-5-4-10-13(14(12)20)16-6-9(19)2-3-11(16)15-17(10,7-16)8-18-15/h4-5,11,15,18,20H,2-3,6-8H2,1H3/t11?,15?,16-,17?/m0/s1. The second kappa shape index (κ2) is 3.43. The van der Waals surface area contributed by atoms with Gasteiger partial charge in [0.05, 0.1) is 7.11 Å². The van der Waals surface area contributed by atoms with Crippen LogP contribution in [0.1, 0.15) is 36.8 Å². The van der Waals surface area contributed by atoms with Crippen LogP contribution >= 0.6 is 0 Å². The van der Waals surface area contributed by atoms with Gasteiger partial charge in [-0.15, -0.1) is 0 Å². The minimum atomic E-state index is -0.155. The number of carbonyl (C=O) groups is 1. The first kappa shape index (κ1) is 12.0. The highest BCUT2D eigenvalue weighted by Gasteiger charge is 2.73. The number of rotatable bonds is 1. The SMILES string of the molecule is COc1ccc2c(c1O)[C@]13CC(=O)CCC1C1NCC21C3. The van der Waals surface area contributed by atoms with Gasteiger partial charge in [0.25, 0.3) is 0 Å². The molecular weight excluding hydrogens is 266 g/mol. The first-order chi connectivity index (χ1) is 10.1. The fraction of sp³-hybridized carbons (Fsp3) is 0.588. The van der Waals surface area contributed by atoms with Gasteiger partial charge < -0.3 is 15.2 Å². The summed E-state index contributed by atoms with van der Waals surface area (Å²) in [6.07, 6.45) is 3.25. The van der Waals surface area contributed by atoms with E-state index in [-0.39, 0.29) is 16.6 Å². The molecule has 3 aliphatic carbocycles. The summed E-state index contributed by atoms with van der Waals surface area (Å²) < 4.78 is 5.31. The number of phenolic OH excluding ortho intramolecular Hbond substituents is 1. The Morgan fingerprint density at radius 1 is 1.38 bits per heavy atom. The Bertz CT molecular complexity index is 685. The normalized spacial score (nSPS) is 42.0. The van der Waals surface area contributed by atoms with Crippen LogP contribution in [0, 0.1) is 5.92 Å². The molecule has 3 fully saturated rings. The lowest BCUT2D eigenvalue weighted by Gasteiger charge is -2.52. The van der Waals surface area contributed by atoms with Crippen molar-refractivity contribution >= 4 is 5.78 Å². The lowest BCUT2D eigenvalue weighted by atomic mass is 9.59. The van der Waals surface area contributed by atoms with E-state index in [0.29, 0.717) is 36.3 Å². The van der Waals surface area contributed by atoms with Gasteiger partial charge in [0.1, 0.15) is 5.78 Å². The summed E-state index contributed by atoms with van der Waals surface area (Å²) in [6, 6.07) is 4.48. The van der Waals surface area contributed by atoms with Crippen molar-refractivity contribution in [2.45, 2.75) is 42.6 Å². The summed E-state index contributed by atoms with van der Waals surface area (Å²) in [7, 11) is 1.59. The number of hydrogen-bond donors (Lipinski definition) is 2. The minimum Gasteiger partial charge on any atom is -0.504 e. The Kier molecular flexibility index (Phi) is 1.97. The molecule has 1 aromatic rings. The summed E-state index contributed by atoms with van der Waals surface area (Å²) in [5.74, 6) is 1.64. The topological polar surface area (TPSA) is 58.6 Å². The molecule has 1 aliphatic heterocycles. The highest BCUT2D eigenvalue weighted by Crippen LogP contribution is 2.71. The molecule has 0 amide bonds. The van der Waals surface area contributed by atoms with E-state index in [0.717, 1.165) is 24.9 Å². The number of carbonyl (C=O) groups excluding carboxylic acids is 1. The van der Waals surface area contributed by atoms with Crippen LogP contribution in [0.2, 0.25) is 0 Å². The largest absolute Gasteiger partial charge is 0.504 e. The first-order valence-electron chi connectivity index (χ1n) is 7.78. The Morgan fingerprint density at radius 2 is 2.24 bits per heavy atom. The number of hydrogen-bond acceptors (Lipinski definition) is 4. The van der Waals surface area contributed by atoms with Crippen molar-refractivity contribution < 1.29 is 14.6 Å². The van der Waals surface area contributed by atoms with Gasteiger partial charge in [0, 0.05) is 41.8 Å². The first-order valence-corrected chi connectivity index (χ1v) is 7.78. The molecule has 21 heavy (non-hydrogen) atoms. The maximum Gasteiger partial charge on any atom is 0.161 e. The molecule has 4 aliphatic rings. The van der Waals surface area contributed by atoms with E-state index >= 15 is 0 Å². The van der Waals surface area contributed by atoms with Crippen molar-refractivity contribution in [1.82, 2.24) is 5.32 Å². The third-order valence-corrected chi connectivity index (χ3v) is 6.62. The van der Waals surface area contributed by atoms with Crippen LogP contribution < -0.4 is 10.1 Å².